The van der Waals surface area contributed by atoms with Crippen molar-refractivity contribution in [1.82, 2.24) is 5.32 Å². The topological polar surface area (TPSA) is 138 Å². The Kier molecular flexibility index (Phi) is 14.5. The van der Waals surface area contributed by atoms with Gasteiger partial charge in [0.1, 0.15) is 23.9 Å². The number of nitrogens with one attached hydrogen (secondary N) is 1. The van der Waals surface area contributed by atoms with Crippen molar-refractivity contribution in [3.63, 3.8) is 0 Å². The summed E-state index contributed by atoms with van der Waals surface area (Å²) in [5.74, 6) is 0.855. The Morgan fingerprint density at radius 1 is 0.925 bits per heavy atom. The number of carbonyl (C=O) groups is 1. The lowest BCUT2D eigenvalue weighted by atomic mass is 10.1. The second-order valence-corrected chi connectivity index (χ2v) is 9.39. The predicted octanol–water partition coefficient (Wildman–Crippen LogP) is 4.22. The Labute approximate surface area is 236 Å². The number of hydrogen-bond acceptors (Lipinski definition) is 8. The number of aliphatic carboxylic acids is 1. The zero-order valence-electron chi connectivity index (χ0n) is 23.4. The van der Waals surface area contributed by atoms with Crippen molar-refractivity contribution in [2.75, 3.05) is 26.3 Å². The van der Waals surface area contributed by atoms with Crippen LogP contribution in [0.2, 0.25) is 0 Å². The maximum atomic E-state index is 10.3. The fraction of sp³-hybridized carbons (Fsp3) is 0.387. The van der Waals surface area contributed by atoms with Crippen LogP contribution in [-0.4, -0.2) is 58.8 Å². The number of rotatable bonds is 15. The number of ether oxygens (including phenoxy) is 3. The van der Waals surface area contributed by atoms with Gasteiger partial charge in [0.15, 0.2) is 0 Å². The normalized spacial score (nSPS) is 11.4. The summed E-state index contributed by atoms with van der Waals surface area (Å²) < 4.78 is 17.1. The van der Waals surface area contributed by atoms with Crippen LogP contribution in [0, 0.1) is 0 Å². The quantitative estimate of drug-likeness (QED) is 0.175. The van der Waals surface area contributed by atoms with Crippen LogP contribution in [0.3, 0.4) is 0 Å². The van der Waals surface area contributed by atoms with E-state index in [9.17, 15) is 15.3 Å². The highest BCUT2D eigenvalue weighted by atomic mass is 16.5. The number of carboxylic acid groups (broad SMARTS) is 1. The molecule has 0 unspecified atom stereocenters. The molecule has 3 aromatic rings. The van der Waals surface area contributed by atoms with E-state index in [-0.39, 0.29) is 18.5 Å². The molecule has 0 radical (unpaired) electrons. The van der Waals surface area contributed by atoms with E-state index in [1.807, 2.05) is 62.4 Å². The molecular formula is C31H41NO8. The minimum Gasteiger partial charge on any atom is -0.508 e. The van der Waals surface area contributed by atoms with Gasteiger partial charge in [-0.1, -0.05) is 30.3 Å². The van der Waals surface area contributed by atoms with Gasteiger partial charge >= 0.3 is 0 Å². The molecule has 1 atom stereocenters. The molecule has 40 heavy (non-hydrogen) atoms. The maximum absolute atomic E-state index is 10.3. The molecule has 3 aromatic carbocycles. The fourth-order valence-electron chi connectivity index (χ4n) is 3.63. The molecule has 0 amide bonds. The van der Waals surface area contributed by atoms with Crippen molar-refractivity contribution in [3.8, 4) is 17.2 Å². The van der Waals surface area contributed by atoms with Crippen LogP contribution < -0.4 is 14.8 Å². The van der Waals surface area contributed by atoms with E-state index in [0.29, 0.717) is 44.0 Å². The molecule has 0 heterocycles. The number of aromatic hydroxyl groups is 1. The summed E-state index contributed by atoms with van der Waals surface area (Å²) in [5, 5.41) is 39.9. The van der Waals surface area contributed by atoms with Gasteiger partial charge in [-0.2, -0.15) is 0 Å². The van der Waals surface area contributed by atoms with Crippen molar-refractivity contribution in [3.05, 3.63) is 89.0 Å². The number of phenols is 1. The summed E-state index contributed by atoms with van der Waals surface area (Å²) in [5.41, 5.74) is 3.32. The molecule has 0 aromatic heterocycles. The molecule has 9 nitrogen and oxygen atoms in total. The molecule has 3 rings (SSSR count). The summed E-state index contributed by atoms with van der Waals surface area (Å²) in [7, 11) is 0. The van der Waals surface area contributed by atoms with E-state index in [0.717, 1.165) is 36.0 Å². The van der Waals surface area contributed by atoms with Crippen molar-refractivity contribution in [2.24, 2.45) is 0 Å². The average molecular weight is 556 g/mol. The molecule has 0 spiro atoms. The standard InChI is InChI=1S/C29H37NO6.C2H4O2/c1-21(2)36-27-10-5-23(6-11-27)20-34-15-16-35-26-8-3-22(4-9-26)13-14-30-18-29(33)24-7-12-28(32)25(17-24)19-31;1-2(3)4/h3-12,17,21,29-33H,13-16,18-20H2,1-2H3;1H3,(H,3,4)/t29-;/m0./s1. The molecule has 0 aliphatic rings. The first-order chi connectivity index (χ1) is 19.2. The Bertz CT molecular complexity index is 1130. The molecule has 0 aliphatic heterocycles. The zero-order valence-corrected chi connectivity index (χ0v) is 23.4. The minimum absolute atomic E-state index is 0.0278. The predicted molar refractivity (Wildman–Crippen MR) is 153 cm³/mol. The molecule has 9 heteroatoms. The van der Waals surface area contributed by atoms with Gasteiger partial charge in [-0.3, -0.25) is 4.79 Å². The Morgan fingerprint density at radius 2 is 1.55 bits per heavy atom. The van der Waals surface area contributed by atoms with Gasteiger partial charge in [0.05, 0.1) is 32.0 Å². The van der Waals surface area contributed by atoms with E-state index in [4.69, 9.17) is 24.1 Å². The zero-order chi connectivity index (χ0) is 29.3. The number of hydrogen-bond donors (Lipinski definition) is 5. The van der Waals surface area contributed by atoms with Crippen LogP contribution in [0.4, 0.5) is 0 Å². The van der Waals surface area contributed by atoms with Gasteiger partial charge in [-0.25, -0.2) is 0 Å². The van der Waals surface area contributed by atoms with Gasteiger partial charge in [0, 0.05) is 19.0 Å². The first-order valence-electron chi connectivity index (χ1n) is 13.2. The molecule has 5 N–H and O–H groups in total. The third kappa shape index (κ3) is 12.9. The highest BCUT2D eigenvalue weighted by Gasteiger charge is 2.10. The van der Waals surface area contributed by atoms with Crippen molar-refractivity contribution in [1.29, 1.82) is 0 Å². The van der Waals surface area contributed by atoms with E-state index in [2.05, 4.69) is 5.32 Å². The van der Waals surface area contributed by atoms with Crippen LogP contribution in [0.5, 0.6) is 17.2 Å². The summed E-state index contributed by atoms with van der Waals surface area (Å²) >= 11 is 0. The molecule has 0 saturated heterocycles. The number of aliphatic hydroxyl groups excluding tert-OH is 2. The summed E-state index contributed by atoms with van der Waals surface area (Å²) in [6, 6.07) is 20.6. The number of aliphatic hydroxyl groups is 2. The van der Waals surface area contributed by atoms with Crippen LogP contribution in [0.15, 0.2) is 66.7 Å². The lowest BCUT2D eigenvalue weighted by molar-refractivity contribution is -0.134. The Hall–Kier alpha value is -3.63. The van der Waals surface area contributed by atoms with E-state index < -0.39 is 12.1 Å². The van der Waals surface area contributed by atoms with Gasteiger partial charge in [0.2, 0.25) is 0 Å². The molecule has 0 fully saturated rings. The highest BCUT2D eigenvalue weighted by molar-refractivity contribution is 5.62. The number of benzene rings is 3. The van der Waals surface area contributed by atoms with Crippen LogP contribution in [-0.2, 0) is 29.2 Å². The summed E-state index contributed by atoms with van der Waals surface area (Å²) in [6.07, 6.45) is 0.259. The van der Waals surface area contributed by atoms with E-state index in [1.165, 1.54) is 6.07 Å². The summed E-state index contributed by atoms with van der Waals surface area (Å²) in [4.78, 5) is 9.00. The van der Waals surface area contributed by atoms with Gasteiger partial charge in [-0.15, -0.1) is 0 Å². The molecule has 0 bridgehead atoms. The first-order valence-corrected chi connectivity index (χ1v) is 13.2. The minimum atomic E-state index is -0.833. The van der Waals surface area contributed by atoms with Gasteiger partial charge in [-0.05, 0) is 79.9 Å². The highest BCUT2D eigenvalue weighted by Crippen LogP contribution is 2.22. The van der Waals surface area contributed by atoms with Crippen LogP contribution >= 0.6 is 0 Å². The molecular weight excluding hydrogens is 514 g/mol. The molecule has 218 valence electrons. The first kappa shape index (κ1) is 32.6. The maximum Gasteiger partial charge on any atom is 0.300 e. The van der Waals surface area contributed by atoms with E-state index in [1.54, 1.807) is 12.1 Å². The third-order valence-corrected chi connectivity index (χ3v) is 5.57. The van der Waals surface area contributed by atoms with Crippen molar-refractivity contribution in [2.45, 2.75) is 52.6 Å². The van der Waals surface area contributed by atoms with Crippen LogP contribution in [0.25, 0.3) is 0 Å². The van der Waals surface area contributed by atoms with Crippen molar-refractivity contribution >= 4 is 5.97 Å². The Morgan fingerprint density at radius 3 is 2.17 bits per heavy atom. The average Bonchev–Trinajstić information content (AvgIpc) is 2.92. The third-order valence-electron chi connectivity index (χ3n) is 5.57. The number of carboxylic acids is 1. The Balaban J connectivity index is 0.00000131. The van der Waals surface area contributed by atoms with Crippen molar-refractivity contribution < 1.29 is 39.4 Å². The van der Waals surface area contributed by atoms with Gasteiger partial charge < -0.3 is 40.0 Å². The monoisotopic (exact) mass is 555 g/mol. The van der Waals surface area contributed by atoms with Gasteiger partial charge in [0.25, 0.3) is 5.97 Å². The van der Waals surface area contributed by atoms with Crippen LogP contribution in [0.1, 0.15) is 49.1 Å². The second-order valence-electron chi connectivity index (χ2n) is 9.39. The lowest BCUT2D eigenvalue weighted by Crippen LogP contribution is -2.23. The lowest BCUT2D eigenvalue weighted by Gasteiger charge is -2.14. The molecule has 0 saturated carbocycles. The fourth-order valence-corrected chi connectivity index (χ4v) is 3.63. The largest absolute Gasteiger partial charge is 0.508 e. The summed E-state index contributed by atoms with van der Waals surface area (Å²) in [6.45, 7) is 7.42. The second kappa shape index (κ2) is 17.9. The molecule has 0 aliphatic carbocycles. The SMILES string of the molecule is CC(=O)O.CC(C)Oc1ccc(COCCOc2ccc(CCNC[C@H](O)c3ccc(O)c(CO)c3)cc2)cc1. The smallest absolute Gasteiger partial charge is 0.300 e. The van der Waals surface area contributed by atoms with E-state index >= 15 is 0 Å².